The molecule has 4 nitrogen and oxygen atoms in total. The molecule has 0 unspecified atom stereocenters. The Balaban J connectivity index is 1.72. The fourth-order valence-corrected chi connectivity index (χ4v) is 2.37. The average Bonchev–Trinajstić information content (AvgIpc) is 2.59. The van der Waals surface area contributed by atoms with E-state index in [1.807, 2.05) is 48.5 Å². The molecule has 0 heterocycles. The van der Waals surface area contributed by atoms with Crippen molar-refractivity contribution in [3.8, 4) is 5.75 Å². The van der Waals surface area contributed by atoms with Crippen molar-refractivity contribution in [1.82, 2.24) is 5.32 Å². The molecule has 23 heavy (non-hydrogen) atoms. The zero-order valence-corrected chi connectivity index (χ0v) is 13.8. The lowest BCUT2D eigenvalue weighted by atomic mass is 10.1. The number of para-hydroxylation sites is 1. The number of methoxy groups -OCH3 is 1. The fourth-order valence-electron chi connectivity index (χ4n) is 2.37. The molecule has 0 aliphatic carbocycles. The summed E-state index contributed by atoms with van der Waals surface area (Å²) in [4.78, 5) is 12.0. The molecule has 0 saturated heterocycles. The van der Waals surface area contributed by atoms with Crippen molar-refractivity contribution in [3.05, 3.63) is 59.7 Å². The van der Waals surface area contributed by atoms with Crippen LogP contribution >= 0.6 is 0 Å². The number of carbonyl (C=O) groups is 1. The van der Waals surface area contributed by atoms with Crippen LogP contribution in [0.4, 0.5) is 5.69 Å². The summed E-state index contributed by atoms with van der Waals surface area (Å²) in [7, 11) is 1.66. The number of carbonyl (C=O) groups excluding carboxylic acids is 1. The number of rotatable bonds is 8. The lowest BCUT2D eigenvalue weighted by Crippen LogP contribution is -2.29. The van der Waals surface area contributed by atoms with Crippen molar-refractivity contribution in [2.75, 3.05) is 25.5 Å². The molecule has 0 aliphatic rings. The molecule has 2 N–H and O–H groups in total. The second-order valence-corrected chi connectivity index (χ2v) is 5.33. The summed E-state index contributed by atoms with van der Waals surface area (Å²) in [5, 5.41) is 6.13. The standard InChI is InChI=1S/C19H24N2O2/c1-3-16-6-4-5-7-18(16)21-19(22)14-20-13-12-15-8-10-17(23-2)11-9-15/h4-11,20H,3,12-14H2,1-2H3,(H,21,22). The number of hydrogen-bond donors (Lipinski definition) is 2. The molecule has 0 radical (unpaired) electrons. The van der Waals surface area contributed by atoms with E-state index in [0.29, 0.717) is 6.54 Å². The third-order valence-corrected chi connectivity index (χ3v) is 3.71. The fraction of sp³-hybridized carbons (Fsp3) is 0.316. The molecule has 0 saturated carbocycles. The summed E-state index contributed by atoms with van der Waals surface area (Å²) < 4.78 is 5.13. The van der Waals surface area contributed by atoms with Crippen LogP contribution in [0.15, 0.2) is 48.5 Å². The molecule has 0 atom stereocenters. The van der Waals surface area contributed by atoms with Gasteiger partial charge in [0.15, 0.2) is 0 Å². The van der Waals surface area contributed by atoms with Gasteiger partial charge in [0, 0.05) is 5.69 Å². The molecule has 0 aromatic heterocycles. The van der Waals surface area contributed by atoms with Gasteiger partial charge in [0.2, 0.25) is 5.91 Å². The minimum Gasteiger partial charge on any atom is -0.497 e. The van der Waals surface area contributed by atoms with Crippen LogP contribution in [0.1, 0.15) is 18.1 Å². The lowest BCUT2D eigenvalue weighted by Gasteiger charge is -2.10. The van der Waals surface area contributed by atoms with Gasteiger partial charge in [0.25, 0.3) is 0 Å². The molecule has 122 valence electrons. The second kappa shape index (κ2) is 8.96. The normalized spacial score (nSPS) is 10.3. The highest BCUT2D eigenvalue weighted by atomic mass is 16.5. The highest BCUT2D eigenvalue weighted by molar-refractivity contribution is 5.92. The summed E-state index contributed by atoms with van der Waals surface area (Å²) in [5.41, 5.74) is 3.27. The average molecular weight is 312 g/mol. The quantitative estimate of drug-likeness (QED) is 0.737. The van der Waals surface area contributed by atoms with Crippen LogP contribution in [0.3, 0.4) is 0 Å². The van der Waals surface area contributed by atoms with Gasteiger partial charge in [-0.15, -0.1) is 0 Å². The predicted octanol–water partition coefficient (Wildman–Crippen LogP) is 3.03. The van der Waals surface area contributed by atoms with E-state index in [2.05, 4.69) is 17.6 Å². The first-order valence-electron chi connectivity index (χ1n) is 7.94. The van der Waals surface area contributed by atoms with E-state index in [9.17, 15) is 4.79 Å². The van der Waals surface area contributed by atoms with Gasteiger partial charge >= 0.3 is 0 Å². The van der Waals surface area contributed by atoms with Crippen LogP contribution in [0.25, 0.3) is 0 Å². The Morgan fingerprint density at radius 1 is 1.09 bits per heavy atom. The van der Waals surface area contributed by atoms with Crippen LogP contribution < -0.4 is 15.4 Å². The smallest absolute Gasteiger partial charge is 0.238 e. The van der Waals surface area contributed by atoms with E-state index in [-0.39, 0.29) is 5.91 Å². The largest absolute Gasteiger partial charge is 0.497 e. The predicted molar refractivity (Wildman–Crippen MR) is 94.0 cm³/mol. The number of hydrogen-bond acceptors (Lipinski definition) is 3. The van der Waals surface area contributed by atoms with Gasteiger partial charge in [-0.2, -0.15) is 0 Å². The van der Waals surface area contributed by atoms with Crippen molar-refractivity contribution in [2.24, 2.45) is 0 Å². The summed E-state index contributed by atoms with van der Waals surface area (Å²) >= 11 is 0. The Kier molecular flexibility index (Phi) is 6.63. The van der Waals surface area contributed by atoms with Crippen molar-refractivity contribution < 1.29 is 9.53 Å². The maximum atomic E-state index is 12.0. The Labute approximate surface area is 137 Å². The van der Waals surface area contributed by atoms with E-state index >= 15 is 0 Å². The maximum Gasteiger partial charge on any atom is 0.238 e. The van der Waals surface area contributed by atoms with E-state index in [1.165, 1.54) is 5.56 Å². The first kappa shape index (κ1) is 17.0. The first-order valence-corrected chi connectivity index (χ1v) is 7.94. The molecule has 2 aromatic carbocycles. The third-order valence-electron chi connectivity index (χ3n) is 3.71. The zero-order valence-electron chi connectivity index (χ0n) is 13.8. The summed E-state index contributed by atoms with van der Waals surface area (Å²) in [6, 6.07) is 15.9. The van der Waals surface area contributed by atoms with Gasteiger partial charge in [-0.1, -0.05) is 37.3 Å². The highest BCUT2D eigenvalue weighted by Crippen LogP contribution is 2.15. The Morgan fingerprint density at radius 2 is 1.83 bits per heavy atom. The topological polar surface area (TPSA) is 50.4 Å². The molecule has 2 aromatic rings. The number of nitrogens with one attached hydrogen (secondary N) is 2. The van der Waals surface area contributed by atoms with E-state index in [1.54, 1.807) is 7.11 Å². The van der Waals surface area contributed by atoms with Crippen LogP contribution in [0, 0.1) is 0 Å². The second-order valence-electron chi connectivity index (χ2n) is 5.33. The third kappa shape index (κ3) is 5.42. The molecule has 0 aliphatic heterocycles. The number of ether oxygens (including phenoxy) is 1. The summed E-state index contributed by atoms with van der Waals surface area (Å²) in [5.74, 6) is 0.844. The summed E-state index contributed by atoms with van der Waals surface area (Å²) in [6.45, 7) is 3.15. The molecule has 1 amide bonds. The molecule has 0 fully saturated rings. The molecular weight excluding hydrogens is 288 g/mol. The van der Waals surface area contributed by atoms with E-state index in [4.69, 9.17) is 4.74 Å². The summed E-state index contributed by atoms with van der Waals surface area (Å²) in [6.07, 6.45) is 1.78. The van der Waals surface area contributed by atoms with Gasteiger partial charge in [-0.3, -0.25) is 4.79 Å². The Morgan fingerprint density at radius 3 is 2.52 bits per heavy atom. The number of amides is 1. The highest BCUT2D eigenvalue weighted by Gasteiger charge is 2.05. The first-order chi connectivity index (χ1) is 11.2. The van der Waals surface area contributed by atoms with Crippen LogP contribution in [0.2, 0.25) is 0 Å². The lowest BCUT2D eigenvalue weighted by molar-refractivity contribution is -0.115. The number of aryl methyl sites for hydroxylation is 1. The zero-order chi connectivity index (χ0) is 16.5. The van der Waals surface area contributed by atoms with Gasteiger partial charge in [-0.05, 0) is 48.7 Å². The molecule has 4 heteroatoms. The van der Waals surface area contributed by atoms with Gasteiger partial charge in [-0.25, -0.2) is 0 Å². The SMILES string of the molecule is CCc1ccccc1NC(=O)CNCCc1ccc(OC)cc1. The van der Waals surface area contributed by atoms with E-state index in [0.717, 1.165) is 36.4 Å². The molecular formula is C19H24N2O2. The van der Waals surface area contributed by atoms with E-state index < -0.39 is 0 Å². The van der Waals surface area contributed by atoms with Gasteiger partial charge < -0.3 is 15.4 Å². The van der Waals surface area contributed by atoms with Crippen LogP contribution in [-0.2, 0) is 17.6 Å². The monoisotopic (exact) mass is 312 g/mol. The Hall–Kier alpha value is -2.33. The van der Waals surface area contributed by atoms with Crippen LogP contribution in [-0.4, -0.2) is 26.1 Å². The Bertz CT molecular complexity index is 624. The number of anilines is 1. The minimum absolute atomic E-state index is 0.0133. The molecule has 0 spiro atoms. The van der Waals surface area contributed by atoms with Crippen molar-refractivity contribution in [1.29, 1.82) is 0 Å². The van der Waals surface area contributed by atoms with Gasteiger partial charge in [0.05, 0.1) is 13.7 Å². The number of benzene rings is 2. The maximum absolute atomic E-state index is 12.0. The minimum atomic E-state index is -0.0133. The van der Waals surface area contributed by atoms with Crippen molar-refractivity contribution in [2.45, 2.75) is 19.8 Å². The van der Waals surface area contributed by atoms with Gasteiger partial charge in [0.1, 0.15) is 5.75 Å². The van der Waals surface area contributed by atoms with Crippen molar-refractivity contribution in [3.63, 3.8) is 0 Å². The van der Waals surface area contributed by atoms with Crippen molar-refractivity contribution >= 4 is 11.6 Å². The molecule has 0 bridgehead atoms. The van der Waals surface area contributed by atoms with Crippen LogP contribution in [0.5, 0.6) is 5.75 Å². The molecule has 2 rings (SSSR count).